The Balaban J connectivity index is 4.53. The third kappa shape index (κ3) is 8.09. The summed E-state index contributed by atoms with van der Waals surface area (Å²) in [6.07, 6.45) is 0.999. The quantitative estimate of drug-likeness (QED) is 0.423. The van der Waals surface area contributed by atoms with Gasteiger partial charge in [-0.25, -0.2) is 4.79 Å². The standard InChI is InChI=1S/C19H41NO4Si/c1-14(2)25(15(3)4,16(5)6)23-12-10-11-17(13-21)20-18(22)24-19(7,8)9/h14-17,21H,10-13H2,1-9H3,(H,20,22)/t17-/m0/s1. The van der Waals surface area contributed by atoms with Gasteiger partial charge in [-0.15, -0.1) is 0 Å². The number of carbonyl (C=O) groups excluding carboxylic acids is 1. The van der Waals surface area contributed by atoms with E-state index in [1.165, 1.54) is 0 Å². The zero-order chi connectivity index (χ0) is 19.8. The Morgan fingerprint density at radius 1 is 1.04 bits per heavy atom. The molecule has 0 aromatic carbocycles. The first kappa shape index (κ1) is 24.4. The summed E-state index contributed by atoms with van der Waals surface area (Å²) in [7, 11) is -1.85. The summed E-state index contributed by atoms with van der Waals surface area (Å²) in [6.45, 7) is 19.7. The van der Waals surface area contributed by atoms with E-state index in [1.807, 2.05) is 20.8 Å². The fourth-order valence-electron chi connectivity index (χ4n) is 3.76. The molecule has 0 radical (unpaired) electrons. The van der Waals surface area contributed by atoms with Gasteiger partial charge in [-0.1, -0.05) is 41.5 Å². The molecule has 1 atom stereocenters. The van der Waals surface area contributed by atoms with Crippen molar-refractivity contribution in [1.29, 1.82) is 0 Å². The lowest BCUT2D eigenvalue weighted by molar-refractivity contribution is 0.0476. The molecule has 0 rings (SSSR count). The molecule has 150 valence electrons. The van der Waals surface area contributed by atoms with Crippen LogP contribution in [0.15, 0.2) is 0 Å². The van der Waals surface area contributed by atoms with Gasteiger partial charge in [-0.2, -0.15) is 0 Å². The minimum Gasteiger partial charge on any atom is -0.444 e. The van der Waals surface area contributed by atoms with Gasteiger partial charge in [0.1, 0.15) is 5.60 Å². The average molecular weight is 376 g/mol. The molecule has 25 heavy (non-hydrogen) atoms. The third-order valence-corrected chi connectivity index (χ3v) is 10.8. The van der Waals surface area contributed by atoms with E-state index in [2.05, 4.69) is 46.9 Å². The summed E-state index contributed by atoms with van der Waals surface area (Å²) in [5, 5.41) is 12.2. The summed E-state index contributed by atoms with van der Waals surface area (Å²) >= 11 is 0. The van der Waals surface area contributed by atoms with Crippen LogP contribution in [0.1, 0.15) is 75.2 Å². The second-order valence-corrected chi connectivity index (χ2v) is 14.3. The summed E-state index contributed by atoms with van der Waals surface area (Å²) in [4.78, 5) is 11.8. The summed E-state index contributed by atoms with van der Waals surface area (Å²) in [5.74, 6) is 0. The lowest BCUT2D eigenvalue weighted by atomic mass is 10.2. The van der Waals surface area contributed by atoms with Crippen LogP contribution in [0.4, 0.5) is 4.79 Å². The largest absolute Gasteiger partial charge is 0.444 e. The van der Waals surface area contributed by atoms with Crippen LogP contribution >= 0.6 is 0 Å². The molecular weight excluding hydrogens is 334 g/mol. The maximum absolute atomic E-state index is 11.8. The van der Waals surface area contributed by atoms with Crippen molar-refractivity contribution in [3.63, 3.8) is 0 Å². The number of nitrogens with one attached hydrogen (secondary N) is 1. The molecule has 0 heterocycles. The molecule has 0 saturated carbocycles. The van der Waals surface area contributed by atoms with Crippen molar-refractivity contribution in [3.05, 3.63) is 0 Å². The predicted octanol–water partition coefficient (Wildman–Crippen LogP) is 4.84. The number of carbonyl (C=O) groups is 1. The van der Waals surface area contributed by atoms with E-state index < -0.39 is 20.0 Å². The molecule has 6 heteroatoms. The Kier molecular flexibility index (Phi) is 10.3. The molecule has 0 spiro atoms. The molecule has 0 aromatic rings. The molecule has 2 N–H and O–H groups in total. The Hall–Kier alpha value is -0.593. The van der Waals surface area contributed by atoms with Gasteiger partial charge in [-0.05, 0) is 50.2 Å². The zero-order valence-corrected chi connectivity index (χ0v) is 18.8. The van der Waals surface area contributed by atoms with Gasteiger partial charge in [0.25, 0.3) is 0 Å². The monoisotopic (exact) mass is 375 g/mol. The lowest BCUT2D eigenvalue weighted by Crippen LogP contribution is -2.48. The van der Waals surface area contributed by atoms with Gasteiger partial charge in [0, 0.05) is 6.61 Å². The van der Waals surface area contributed by atoms with E-state index in [9.17, 15) is 9.90 Å². The molecular formula is C19H41NO4Si. The number of alkyl carbamates (subject to hydrolysis) is 1. The van der Waals surface area contributed by atoms with E-state index in [1.54, 1.807) is 0 Å². The smallest absolute Gasteiger partial charge is 0.407 e. The summed E-state index contributed by atoms with van der Waals surface area (Å²) in [6, 6.07) is -0.299. The number of rotatable bonds is 10. The van der Waals surface area contributed by atoms with Crippen molar-refractivity contribution in [2.24, 2.45) is 0 Å². The van der Waals surface area contributed by atoms with Crippen LogP contribution in [0, 0.1) is 0 Å². The molecule has 0 fully saturated rings. The average Bonchev–Trinajstić information content (AvgIpc) is 2.42. The molecule has 0 aliphatic heterocycles. The van der Waals surface area contributed by atoms with Crippen molar-refractivity contribution in [1.82, 2.24) is 5.32 Å². The van der Waals surface area contributed by atoms with Crippen LogP contribution in [-0.4, -0.2) is 44.4 Å². The van der Waals surface area contributed by atoms with Crippen molar-refractivity contribution < 1.29 is 19.1 Å². The van der Waals surface area contributed by atoms with Gasteiger partial charge in [0.15, 0.2) is 8.32 Å². The second-order valence-electron chi connectivity index (χ2n) is 8.83. The van der Waals surface area contributed by atoms with Crippen LogP contribution < -0.4 is 5.32 Å². The molecule has 1 amide bonds. The molecule has 0 aliphatic carbocycles. The van der Waals surface area contributed by atoms with E-state index in [4.69, 9.17) is 9.16 Å². The number of hydrogen-bond acceptors (Lipinski definition) is 4. The van der Waals surface area contributed by atoms with Crippen LogP contribution in [0.25, 0.3) is 0 Å². The SMILES string of the molecule is CC(C)[Si](OCCC[C@@H](CO)NC(=O)OC(C)(C)C)(C(C)C)C(C)C. The van der Waals surface area contributed by atoms with Crippen LogP contribution in [0.5, 0.6) is 0 Å². The van der Waals surface area contributed by atoms with E-state index >= 15 is 0 Å². The topological polar surface area (TPSA) is 67.8 Å². The number of ether oxygens (including phenoxy) is 1. The Morgan fingerprint density at radius 3 is 1.88 bits per heavy atom. The fraction of sp³-hybridized carbons (Fsp3) is 0.947. The first-order valence-electron chi connectivity index (χ1n) is 9.61. The minimum atomic E-state index is -1.85. The zero-order valence-electron chi connectivity index (χ0n) is 17.8. The van der Waals surface area contributed by atoms with Crippen LogP contribution in [0.3, 0.4) is 0 Å². The second kappa shape index (κ2) is 10.5. The normalized spacial score (nSPS) is 14.3. The first-order chi connectivity index (χ1) is 11.4. The fourth-order valence-corrected chi connectivity index (χ4v) is 9.26. The van der Waals surface area contributed by atoms with Crippen molar-refractivity contribution in [3.8, 4) is 0 Å². The molecule has 0 aromatic heterocycles. The first-order valence-corrected chi connectivity index (χ1v) is 11.7. The molecule has 0 saturated heterocycles. The summed E-state index contributed by atoms with van der Waals surface area (Å²) in [5.41, 5.74) is 1.13. The highest BCUT2D eigenvalue weighted by Gasteiger charge is 2.44. The number of hydrogen-bond donors (Lipinski definition) is 2. The molecule has 0 bridgehead atoms. The van der Waals surface area contributed by atoms with Gasteiger partial charge < -0.3 is 19.6 Å². The number of aliphatic hydroxyl groups excluding tert-OH is 1. The van der Waals surface area contributed by atoms with Gasteiger partial charge in [-0.3, -0.25) is 0 Å². The van der Waals surface area contributed by atoms with E-state index in [0.717, 1.165) is 6.42 Å². The van der Waals surface area contributed by atoms with Gasteiger partial charge in [0.2, 0.25) is 0 Å². The summed E-state index contributed by atoms with van der Waals surface area (Å²) < 4.78 is 11.7. The highest BCUT2D eigenvalue weighted by atomic mass is 28.4. The van der Waals surface area contributed by atoms with Crippen LogP contribution in [0.2, 0.25) is 16.6 Å². The Bertz CT molecular complexity index is 370. The van der Waals surface area contributed by atoms with Crippen LogP contribution in [-0.2, 0) is 9.16 Å². The van der Waals surface area contributed by atoms with Crippen molar-refractivity contribution in [2.75, 3.05) is 13.2 Å². The number of aliphatic hydroxyl groups is 1. The highest BCUT2D eigenvalue weighted by molar-refractivity contribution is 6.77. The maximum Gasteiger partial charge on any atom is 0.407 e. The van der Waals surface area contributed by atoms with Crippen molar-refractivity contribution >= 4 is 14.4 Å². The van der Waals surface area contributed by atoms with E-state index in [-0.39, 0.29) is 12.6 Å². The molecule has 5 nitrogen and oxygen atoms in total. The number of amides is 1. The third-order valence-electron chi connectivity index (χ3n) is 4.70. The lowest BCUT2D eigenvalue weighted by Gasteiger charge is -2.42. The van der Waals surface area contributed by atoms with Gasteiger partial charge >= 0.3 is 6.09 Å². The maximum atomic E-state index is 11.8. The molecule has 0 aliphatic rings. The van der Waals surface area contributed by atoms with Crippen molar-refractivity contribution in [2.45, 2.75) is 103 Å². The highest BCUT2D eigenvalue weighted by Crippen LogP contribution is 2.42. The Labute approximate surface area is 156 Å². The van der Waals surface area contributed by atoms with Gasteiger partial charge in [0.05, 0.1) is 12.6 Å². The van der Waals surface area contributed by atoms with E-state index in [0.29, 0.717) is 29.7 Å². The Morgan fingerprint density at radius 2 is 1.52 bits per heavy atom. The predicted molar refractivity (Wildman–Crippen MR) is 106 cm³/mol. The minimum absolute atomic E-state index is 0.0969. The molecule has 0 unspecified atom stereocenters.